The fraction of sp³-hybridized carbons (Fsp3) is 0.556. The number of likely N-dealkylation sites (tertiary alicyclic amines) is 1. The van der Waals surface area contributed by atoms with E-state index in [0.29, 0.717) is 0 Å². The monoisotopic (exact) mass is 371 g/mol. The van der Waals surface area contributed by atoms with Crippen LogP contribution in [0.25, 0.3) is 0 Å². The predicted octanol–water partition coefficient (Wildman–Crippen LogP) is 3.39. The first kappa shape index (κ1) is 21.3. The van der Waals surface area contributed by atoms with Gasteiger partial charge in [-0.2, -0.15) is 0 Å². The first-order valence-electron chi connectivity index (χ1n) is 8.45. The van der Waals surface area contributed by atoms with Crippen molar-refractivity contribution >= 4 is 23.5 Å². The molecule has 1 aliphatic heterocycles. The minimum absolute atomic E-state index is 0.736. The van der Waals surface area contributed by atoms with Crippen molar-refractivity contribution in [2.24, 2.45) is 5.92 Å². The molecule has 1 aromatic carbocycles. The maximum atomic E-state index is 9.10. The summed E-state index contributed by atoms with van der Waals surface area (Å²) in [6.07, 6.45) is 5.05. The lowest BCUT2D eigenvalue weighted by Crippen LogP contribution is -2.33. The summed E-state index contributed by atoms with van der Waals surface area (Å²) in [6.45, 7) is 6.90. The zero-order chi connectivity index (χ0) is 18.7. The molecular formula is C18H26ClNO5. The number of unbranched alkanes of at least 4 members (excludes halogenated alkanes) is 1. The number of halogens is 1. The van der Waals surface area contributed by atoms with Crippen LogP contribution in [0.5, 0.6) is 5.75 Å². The fourth-order valence-electron chi connectivity index (χ4n) is 2.47. The molecule has 0 bridgehead atoms. The zero-order valence-electron chi connectivity index (χ0n) is 14.5. The van der Waals surface area contributed by atoms with Gasteiger partial charge in [0.25, 0.3) is 0 Å². The topological polar surface area (TPSA) is 87.1 Å². The molecule has 0 aliphatic carbocycles. The van der Waals surface area contributed by atoms with Crippen molar-refractivity contribution in [2.45, 2.75) is 32.6 Å². The third-order valence-electron chi connectivity index (χ3n) is 3.99. The quantitative estimate of drug-likeness (QED) is 0.588. The second-order valence-electron chi connectivity index (χ2n) is 6.15. The van der Waals surface area contributed by atoms with E-state index >= 15 is 0 Å². The molecule has 1 aromatic rings. The number of hydrogen-bond donors (Lipinski definition) is 2. The van der Waals surface area contributed by atoms with Crippen molar-refractivity contribution in [3.8, 4) is 5.75 Å². The van der Waals surface area contributed by atoms with Gasteiger partial charge in [0.05, 0.1) is 6.61 Å². The second-order valence-corrected chi connectivity index (χ2v) is 6.58. The Morgan fingerprint density at radius 2 is 1.84 bits per heavy atom. The molecule has 25 heavy (non-hydrogen) atoms. The van der Waals surface area contributed by atoms with Crippen molar-refractivity contribution in [1.29, 1.82) is 0 Å². The summed E-state index contributed by atoms with van der Waals surface area (Å²) in [6, 6.07) is 7.61. The number of hydrogen-bond acceptors (Lipinski definition) is 4. The highest BCUT2D eigenvalue weighted by atomic mass is 35.5. The molecule has 0 amide bonds. The number of aliphatic carboxylic acids is 2. The van der Waals surface area contributed by atoms with Crippen LogP contribution in [0.15, 0.2) is 24.3 Å². The van der Waals surface area contributed by atoms with Gasteiger partial charge < -0.3 is 19.8 Å². The second kappa shape index (κ2) is 11.7. The highest BCUT2D eigenvalue weighted by molar-refractivity contribution is 6.30. The van der Waals surface area contributed by atoms with Gasteiger partial charge >= 0.3 is 11.9 Å². The lowest BCUT2D eigenvalue weighted by atomic mass is 9.99. The van der Waals surface area contributed by atoms with Gasteiger partial charge in [-0.15, -0.1) is 0 Å². The van der Waals surface area contributed by atoms with E-state index in [9.17, 15) is 0 Å². The Bertz CT molecular complexity index is 532. The molecule has 2 rings (SSSR count). The van der Waals surface area contributed by atoms with E-state index in [1.807, 2.05) is 24.3 Å². The standard InChI is InChI=1S/C16H24ClNO.C2H2O4/c1-14-7-10-18(11-8-14)9-2-3-12-19-16-6-4-5-15(17)13-16;3-1(4)2(5)6/h4-6,13-14H,2-3,7-12H2,1H3;(H,3,4)(H,5,6). The molecule has 1 aliphatic rings. The minimum Gasteiger partial charge on any atom is -0.494 e. The summed E-state index contributed by atoms with van der Waals surface area (Å²) < 4.78 is 5.69. The van der Waals surface area contributed by atoms with Gasteiger partial charge in [0.1, 0.15) is 5.75 Å². The molecule has 0 unspecified atom stereocenters. The summed E-state index contributed by atoms with van der Waals surface area (Å²) in [5.74, 6) is -1.85. The van der Waals surface area contributed by atoms with Crippen molar-refractivity contribution in [3.05, 3.63) is 29.3 Å². The van der Waals surface area contributed by atoms with Crippen molar-refractivity contribution in [2.75, 3.05) is 26.2 Å². The largest absolute Gasteiger partial charge is 0.494 e. The number of carboxylic acids is 2. The van der Waals surface area contributed by atoms with Gasteiger partial charge in [-0.25, -0.2) is 9.59 Å². The van der Waals surface area contributed by atoms with E-state index < -0.39 is 11.9 Å². The first-order valence-corrected chi connectivity index (χ1v) is 8.83. The van der Waals surface area contributed by atoms with E-state index in [1.54, 1.807) is 0 Å². The summed E-state index contributed by atoms with van der Waals surface area (Å²) in [5.41, 5.74) is 0. The fourth-order valence-corrected chi connectivity index (χ4v) is 2.65. The highest BCUT2D eigenvalue weighted by Crippen LogP contribution is 2.18. The molecule has 7 heteroatoms. The molecule has 2 N–H and O–H groups in total. The molecule has 1 fully saturated rings. The van der Waals surface area contributed by atoms with E-state index in [0.717, 1.165) is 29.7 Å². The summed E-state index contributed by atoms with van der Waals surface area (Å²) >= 11 is 5.91. The van der Waals surface area contributed by atoms with E-state index in [4.69, 9.17) is 36.1 Å². The lowest BCUT2D eigenvalue weighted by molar-refractivity contribution is -0.159. The Morgan fingerprint density at radius 3 is 2.40 bits per heavy atom. The van der Waals surface area contributed by atoms with Crippen LogP contribution in [-0.2, 0) is 9.59 Å². The summed E-state index contributed by atoms with van der Waals surface area (Å²) in [7, 11) is 0. The van der Waals surface area contributed by atoms with Crippen LogP contribution in [0, 0.1) is 5.92 Å². The third-order valence-corrected chi connectivity index (χ3v) is 4.23. The zero-order valence-corrected chi connectivity index (χ0v) is 15.2. The molecule has 1 saturated heterocycles. The van der Waals surface area contributed by atoms with Crippen LogP contribution in [0.4, 0.5) is 0 Å². The SMILES string of the molecule is CC1CCN(CCCCOc2cccc(Cl)c2)CC1.O=C(O)C(=O)O. The van der Waals surface area contributed by atoms with Crippen LogP contribution < -0.4 is 4.74 Å². The van der Waals surface area contributed by atoms with Gasteiger partial charge in [0, 0.05) is 5.02 Å². The number of carbonyl (C=O) groups is 2. The average Bonchev–Trinajstić information content (AvgIpc) is 2.57. The van der Waals surface area contributed by atoms with Crippen LogP contribution in [-0.4, -0.2) is 53.3 Å². The predicted molar refractivity (Wildman–Crippen MR) is 96.3 cm³/mol. The smallest absolute Gasteiger partial charge is 0.414 e. The van der Waals surface area contributed by atoms with Gasteiger partial charge in [-0.05, 0) is 69.4 Å². The molecule has 0 saturated carbocycles. The van der Waals surface area contributed by atoms with Crippen LogP contribution >= 0.6 is 11.6 Å². The van der Waals surface area contributed by atoms with Crippen LogP contribution in [0.1, 0.15) is 32.6 Å². The van der Waals surface area contributed by atoms with Gasteiger partial charge in [0.2, 0.25) is 0 Å². The maximum absolute atomic E-state index is 9.10. The number of piperidine rings is 1. The van der Waals surface area contributed by atoms with Gasteiger partial charge in [0.15, 0.2) is 0 Å². The molecule has 0 aromatic heterocycles. The Kier molecular flexibility index (Phi) is 9.96. The van der Waals surface area contributed by atoms with Gasteiger partial charge in [-0.1, -0.05) is 24.6 Å². The lowest BCUT2D eigenvalue weighted by Gasteiger charge is -2.30. The van der Waals surface area contributed by atoms with E-state index in [1.165, 1.54) is 38.9 Å². The number of carboxylic acid groups (broad SMARTS) is 2. The van der Waals surface area contributed by atoms with E-state index in [-0.39, 0.29) is 0 Å². The number of rotatable bonds is 6. The summed E-state index contributed by atoms with van der Waals surface area (Å²) in [5, 5.41) is 15.5. The molecule has 0 spiro atoms. The van der Waals surface area contributed by atoms with Crippen molar-refractivity contribution in [1.82, 2.24) is 4.90 Å². The molecule has 6 nitrogen and oxygen atoms in total. The normalized spacial score (nSPS) is 15.1. The number of nitrogens with zero attached hydrogens (tertiary/aromatic N) is 1. The molecule has 1 heterocycles. The van der Waals surface area contributed by atoms with Crippen LogP contribution in [0.2, 0.25) is 5.02 Å². The Hall–Kier alpha value is -1.79. The third kappa shape index (κ3) is 9.94. The first-order chi connectivity index (χ1) is 11.9. The highest BCUT2D eigenvalue weighted by Gasteiger charge is 2.14. The Labute approximate surface area is 153 Å². The summed E-state index contributed by atoms with van der Waals surface area (Å²) in [4.78, 5) is 20.8. The molecule has 0 atom stereocenters. The Balaban J connectivity index is 0.000000450. The van der Waals surface area contributed by atoms with Crippen molar-refractivity contribution < 1.29 is 24.5 Å². The molecular weight excluding hydrogens is 346 g/mol. The van der Waals surface area contributed by atoms with Crippen LogP contribution in [0.3, 0.4) is 0 Å². The minimum atomic E-state index is -1.82. The Morgan fingerprint density at radius 1 is 1.20 bits per heavy atom. The number of ether oxygens (including phenoxy) is 1. The van der Waals surface area contributed by atoms with Crippen molar-refractivity contribution in [3.63, 3.8) is 0 Å². The molecule has 0 radical (unpaired) electrons. The number of benzene rings is 1. The maximum Gasteiger partial charge on any atom is 0.414 e. The average molecular weight is 372 g/mol. The van der Waals surface area contributed by atoms with E-state index in [2.05, 4.69) is 11.8 Å². The molecule has 140 valence electrons. The van der Waals surface area contributed by atoms with Gasteiger partial charge in [-0.3, -0.25) is 0 Å².